The van der Waals surface area contributed by atoms with Gasteiger partial charge in [0.05, 0.1) is 6.61 Å². The lowest BCUT2D eigenvalue weighted by Crippen LogP contribution is -2.03. The van der Waals surface area contributed by atoms with Crippen LogP contribution in [0.25, 0.3) is 6.08 Å². The summed E-state index contributed by atoms with van der Waals surface area (Å²) in [6, 6.07) is 6.26. The lowest BCUT2D eigenvalue weighted by molar-refractivity contribution is 0.201. The van der Waals surface area contributed by atoms with E-state index in [4.69, 9.17) is 9.84 Å². The quantitative estimate of drug-likeness (QED) is 0.549. The number of benzene rings is 1. The first kappa shape index (κ1) is 17.8. The smallest absolute Gasteiger partial charge is 0.126 e. The molecule has 0 spiro atoms. The predicted octanol–water partition coefficient (Wildman–Crippen LogP) is 4.99. The Balaban J connectivity index is 2.33. The van der Waals surface area contributed by atoms with Crippen LogP contribution in [-0.4, -0.2) is 18.3 Å². The van der Waals surface area contributed by atoms with E-state index >= 15 is 0 Å². The van der Waals surface area contributed by atoms with Gasteiger partial charge in [0.2, 0.25) is 0 Å². The molecule has 2 heteroatoms. The fraction of sp³-hybridized carbons (Fsp3) is 0.579. The minimum Gasteiger partial charge on any atom is -0.491 e. The predicted molar refractivity (Wildman–Crippen MR) is 90.8 cm³/mol. The van der Waals surface area contributed by atoms with Crippen molar-refractivity contribution in [2.45, 2.75) is 58.3 Å². The second kappa shape index (κ2) is 11.4. The van der Waals surface area contributed by atoms with Crippen molar-refractivity contribution in [2.24, 2.45) is 0 Å². The molecule has 1 rings (SSSR count). The Bertz CT molecular complexity index is 399. The van der Waals surface area contributed by atoms with Crippen LogP contribution >= 0.6 is 0 Å². The zero-order valence-electron chi connectivity index (χ0n) is 13.4. The highest BCUT2D eigenvalue weighted by Gasteiger charge is 2.02. The molecule has 1 N–H and O–H groups in total. The van der Waals surface area contributed by atoms with Gasteiger partial charge in [0.25, 0.3) is 0 Å². The summed E-state index contributed by atoms with van der Waals surface area (Å²) in [6.07, 6.45) is 12.3. The van der Waals surface area contributed by atoms with E-state index in [9.17, 15) is 0 Å². The number of aryl methyl sites for hydroxylation is 1. The first-order valence-corrected chi connectivity index (χ1v) is 8.30. The molecule has 0 aromatic heterocycles. The van der Waals surface area contributed by atoms with E-state index in [-0.39, 0.29) is 6.61 Å². The van der Waals surface area contributed by atoms with Gasteiger partial charge in [-0.05, 0) is 30.5 Å². The summed E-state index contributed by atoms with van der Waals surface area (Å²) in [7, 11) is 0. The number of hydrogen-bond acceptors (Lipinski definition) is 2. The second-order valence-corrected chi connectivity index (χ2v) is 5.52. The SMILES string of the molecule is C=Cc1cc(CCCCCCCCC)ccc1OCCO. The number of hydrogen-bond donors (Lipinski definition) is 1. The number of rotatable bonds is 12. The third-order valence-corrected chi connectivity index (χ3v) is 3.71. The Morgan fingerprint density at radius 3 is 2.48 bits per heavy atom. The number of ether oxygens (including phenoxy) is 1. The number of aliphatic hydroxyl groups excluding tert-OH is 1. The van der Waals surface area contributed by atoms with Gasteiger partial charge in [-0.25, -0.2) is 0 Å². The molecule has 0 amide bonds. The van der Waals surface area contributed by atoms with Crippen LogP contribution in [0.4, 0.5) is 0 Å². The van der Waals surface area contributed by atoms with Gasteiger partial charge in [0.15, 0.2) is 0 Å². The molecule has 0 atom stereocenters. The molecule has 0 aliphatic carbocycles. The molecule has 0 fully saturated rings. The maximum Gasteiger partial charge on any atom is 0.126 e. The van der Waals surface area contributed by atoms with Crippen LogP contribution in [0.2, 0.25) is 0 Å². The van der Waals surface area contributed by atoms with E-state index in [0.29, 0.717) is 6.61 Å². The minimum absolute atomic E-state index is 0.0381. The van der Waals surface area contributed by atoms with Crippen LogP contribution < -0.4 is 4.74 Å². The topological polar surface area (TPSA) is 29.5 Å². The summed E-state index contributed by atoms with van der Waals surface area (Å²) < 4.78 is 5.49. The maximum atomic E-state index is 8.82. The molecule has 2 nitrogen and oxygen atoms in total. The van der Waals surface area contributed by atoms with Gasteiger partial charge in [-0.3, -0.25) is 0 Å². The molecule has 0 aliphatic rings. The van der Waals surface area contributed by atoms with Gasteiger partial charge >= 0.3 is 0 Å². The van der Waals surface area contributed by atoms with Gasteiger partial charge in [-0.1, -0.05) is 64.2 Å². The largest absolute Gasteiger partial charge is 0.491 e. The summed E-state index contributed by atoms with van der Waals surface area (Å²) in [5.74, 6) is 0.808. The van der Waals surface area contributed by atoms with Crippen molar-refractivity contribution in [3.05, 3.63) is 35.9 Å². The molecule has 0 heterocycles. The Labute approximate surface area is 129 Å². The molecule has 118 valence electrons. The van der Waals surface area contributed by atoms with E-state index in [1.165, 1.54) is 50.5 Å². The standard InChI is InChI=1S/C19H30O2/c1-3-5-6-7-8-9-10-11-17-12-13-19(21-15-14-20)18(4-2)16-17/h4,12-13,16,20H,2-3,5-11,14-15H2,1H3. The van der Waals surface area contributed by atoms with Crippen molar-refractivity contribution < 1.29 is 9.84 Å². The Hall–Kier alpha value is -1.28. The monoisotopic (exact) mass is 290 g/mol. The molecular formula is C19H30O2. The van der Waals surface area contributed by atoms with E-state index in [1.807, 2.05) is 12.1 Å². The second-order valence-electron chi connectivity index (χ2n) is 5.52. The average molecular weight is 290 g/mol. The Morgan fingerprint density at radius 1 is 1.10 bits per heavy atom. The highest BCUT2D eigenvalue weighted by atomic mass is 16.5. The minimum atomic E-state index is 0.0381. The Morgan fingerprint density at radius 2 is 1.81 bits per heavy atom. The summed E-state index contributed by atoms with van der Waals surface area (Å²) in [5, 5.41) is 8.82. The molecule has 0 unspecified atom stereocenters. The van der Waals surface area contributed by atoms with Crippen LogP contribution in [0.15, 0.2) is 24.8 Å². The van der Waals surface area contributed by atoms with Gasteiger partial charge in [-0.2, -0.15) is 0 Å². The van der Waals surface area contributed by atoms with E-state index in [2.05, 4.69) is 25.6 Å². The van der Waals surface area contributed by atoms with Crippen molar-refractivity contribution in [2.75, 3.05) is 13.2 Å². The molecule has 0 radical (unpaired) electrons. The van der Waals surface area contributed by atoms with Crippen LogP contribution in [0.5, 0.6) is 5.75 Å². The molecule has 0 aliphatic heterocycles. The normalized spacial score (nSPS) is 10.6. The van der Waals surface area contributed by atoms with Crippen molar-refractivity contribution in [3.8, 4) is 5.75 Å². The molecule has 1 aromatic carbocycles. The first-order chi connectivity index (χ1) is 10.3. The lowest BCUT2D eigenvalue weighted by Gasteiger charge is -2.10. The zero-order chi connectivity index (χ0) is 15.3. The summed E-state index contributed by atoms with van der Waals surface area (Å²) in [5.41, 5.74) is 2.36. The van der Waals surface area contributed by atoms with E-state index < -0.39 is 0 Å². The average Bonchev–Trinajstić information content (AvgIpc) is 2.52. The highest BCUT2D eigenvalue weighted by molar-refractivity contribution is 5.56. The van der Waals surface area contributed by atoms with Crippen molar-refractivity contribution in [1.82, 2.24) is 0 Å². The van der Waals surface area contributed by atoms with Crippen LogP contribution in [0.3, 0.4) is 0 Å². The molecule has 21 heavy (non-hydrogen) atoms. The van der Waals surface area contributed by atoms with Gasteiger partial charge in [0, 0.05) is 5.56 Å². The molecule has 0 saturated heterocycles. The molecule has 1 aromatic rings. The fourth-order valence-electron chi connectivity index (χ4n) is 2.49. The number of aliphatic hydroxyl groups is 1. The van der Waals surface area contributed by atoms with Gasteiger partial charge in [0.1, 0.15) is 12.4 Å². The summed E-state index contributed by atoms with van der Waals surface area (Å²) >= 11 is 0. The van der Waals surface area contributed by atoms with Crippen molar-refractivity contribution in [1.29, 1.82) is 0 Å². The Kier molecular flexibility index (Phi) is 9.64. The maximum absolute atomic E-state index is 8.82. The van der Waals surface area contributed by atoms with Gasteiger partial charge in [-0.15, -0.1) is 0 Å². The highest BCUT2D eigenvalue weighted by Crippen LogP contribution is 2.22. The lowest BCUT2D eigenvalue weighted by atomic mass is 10.0. The van der Waals surface area contributed by atoms with Gasteiger partial charge < -0.3 is 9.84 Å². The third-order valence-electron chi connectivity index (χ3n) is 3.71. The van der Waals surface area contributed by atoms with Crippen LogP contribution in [0, 0.1) is 0 Å². The fourth-order valence-corrected chi connectivity index (χ4v) is 2.49. The summed E-state index contributed by atoms with van der Waals surface area (Å²) in [4.78, 5) is 0. The molecular weight excluding hydrogens is 260 g/mol. The van der Waals surface area contributed by atoms with Crippen LogP contribution in [0.1, 0.15) is 63.0 Å². The number of unbranched alkanes of at least 4 members (excludes halogenated alkanes) is 6. The first-order valence-electron chi connectivity index (χ1n) is 8.30. The third kappa shape index (κ3) is 7.33. The summed E-state index contributed by atoms with van der Waals surface area (Å²) in [6.45, 7) is 6.46. The molecule has 0 bridgehead atoms. The van der Waals surface area contributed by atoms with Crippen LogP contribution in [-0.2, 0) is 6.42 Å². The van der Waals surface area contributed by atoms with Crippen molar-refractivity contribution in [3.63, 3.8) is 0 Å². The van der Waals surface area contributed by atoms with E-state index in [1.54, 1.807) is 0 Å². The zero-order valence-corrected chi connectivity index (χ0v) is 13.4. The van der Waals surface area contributed by atoms with Crippen molar-refractivity contribution >= 4 is 6.08 Å². The molecule has 0 saturated carbocycles. The van der Waals surface area contributed by atoms with E-state index in [0.717, 1.165) is 17.7 Å².